The molecule has 6 heteroatoms. The number of hydrogen-bond acceptors (Lipinski definition) is 4. The van der Waals surface area contributed by atoms with Gasteiger partial charge in [0.25, 0.3) is 11.8 Å². The van der Waals surface area contributed by atoms with Gasteiger partial charge < -0.3 is 15.4 Å². The maximum absolute atomic E-state index is 12.1. The second kappa shape index (κ2) is 8.67. The van der Waals surface area contributed by atoms with Crippen molar-refractivity contribution < 1.29 is 19.1 Å². The minimum Gasteiger partial charge on any atom is -0.454 e. The zero-order valence-corrected chi connectivity index (χ0v) is 13.5. The number of rotatable bonds is 7. The molecule has 0 atom stereocenters. The molecule has 0 radical (unpaired) electrons. The normalized spacial score (nSPS) is 10.2. The first kappa shape index (κ1) is 17.5. The highest BCUT2D eigenvalue weighted by atomic mass is 16.5. The molecule has 2 aromatic rings. The van der Waals surface area contributed by atoms with Gasteiger partial charge in [-0.2, -0.15) is 0 Å². The third-order valence-electron chi connectivity index (χ3n) is 3.34. The van der Waals surface area contributed by atoms with E-state index in [0.29, 0.717) is 12.1 Å². The molecule has 0 bridgehead atoms. The Labute approximate surface area is 140 Å². The molecule has 0 unspecified atom stereocenters. The highest BCUT2D eigenvalue weighted by Gasteiger charge is 2.11. The molecule has 0 aliphatic heterocycles. The first-order chi connectivity index (χ1) is 11.6. The Balaban J connectivity index is 1.81. The number of fused-ring (bicyclic) bond motifs is 1. The van der Waals surface area contributed by atoms with E-state index in [-0.39, 0.29) is 25.0 Å². The van der Waals surface area contributed by atoms with Crippen molar-refractivity contribution in [1.82, 2.24) is 10.6 Å². The molecule has 0 spiro atoms. The predicted molar refractivity (Wildman–Crippen MR) is 90.5 cm³/mol. The van der Waals surface area contributed by atoms with E-state index in [1.54, 1.807) is 12.1 Å². The molecule has 0 saturated heterocycles. The van der Waals surface area contributed by atoms with Gasteiger partial charge in [-0.1, -0.05) is 37.3 Å². The molecule has 0 aliphatic carbocycles. The van der Waals surface area contributed by atoms with Crippen molar-refractivity contribution in [3.63, 3.8) is 0 Å². The third-order valence-corrected chi connectivity index (χ3v) is 3.34. The topological polar surface area (TPSA) is 84.5 Å². The minimum atomic E-state index is -0.657. The summed E-state index contributed by atoms with van der Waals surface area (Å²) in [5, 5.41) is 7.06. The maximum atomic E-state index is 12.1. The Morgan fingerprint density at radius 2 is 1.75 bits per heavy atom. The molecular formula is C18H20N2O4. The second-order valence-corrected chi connectivity index (χ2v) is 5.26. The zero-order valence-electron chi connectivity index (χ0n) is 13.5. The van der Waals surface area contributed by atoms with Crippen LogP contribution in [0, 0.1) is 0 Å². The van der Waals surface area contributed by atoms with Crippen molar-refractivity contribution in [3.8, 4) is 0 Å². The highest BCUT2D eigenvalue weighted by Crippen LogP contribution is 2.15. The van der Waals surface area contributed by atoms with E-state index in [0.717, 1.165) is 17.2 Å². The van der Waals surface area contributed by atoms with Crippen molar-refractivity contribution in [2.45, 2.75) is 13.3 Å². The van der Waals surface area contributed by atoms with E-state index in [1.807, 2.05) is 37.3 Å². The van der Waals surface area contributed by atoms with Crippen LogP contribution in [-0.4, -0.2) is 37.5 Å². The number of benzene rings is 2. The summed E-state index contributed by atoms with van der Waals surface area (Å²) in [6, 6.07) is 13.0. The third kappa shape index (κ3) is 5.08. The van der Waals surface area contributed by atoms with Crippen molar-refractivity contribution in [1.29, 1.82) is 0 Å². The molecule has 0 aromatic heterocycles. The predicted octanol–water partition coefficient (Wildman–Crippen LogP) is 1.64. The van der Waals surface area contributed by atoms with Gasteiger partial charge in [-0.15, -0.1) is 0 Å². The Kier molecular flexibility index (Phi) is 6.31. The molecule has 2 N–H and O–H groups in total. The van der Waals surface area contributed by atoms with Crippen LogP contribution in [0.15, 0.2) is 42.5 Å². The van der Waals surface area contributed by atoms with Crippen molar-refractivity contribution in [2.24, 2.45) is 0 Å². The van der Waals surface area contributed by atoms with Gasteiger partial charge in [0.1, 0.15) is 6.54 Å². The number of carbonyl (C=O) groups is 3. The summed E-state index contributed by atoms with van der Waals surface area (Å²) < 4.78 is 4.79. The van der Waals surface area contributed by atoms with Crippen LogP contribution in [0.5, 0.6) is 0 Å². The van der Waals surface area contributed by atoms with Crippen LogP contribution in [0.4, 0.5) is 0 Å². The number of nitrogens with one attached hydrogen (secondary N) is 2. The summed E-state index contributed by atoms with van der Waals surface area (Å²) >= 11 is 0. The van der Waals surface area contributed by atoms with E-state index in [9.17, 15) is 14.4 Å². The molecule has 2 rings (SSSR count). The first-order valence-corrected chi connectivity index (χ1v) is 7.79. The smallest absolute Gasteiger partial charge is 0.325 e. The van der Waals surface area contributed by atoms with Crippen LogP contribution in [0.1, 0.15) is 23.7 Å². The fourth-order valence-electron chi connectivity index (χ4n) is 2.10. The highest BCUT2D eigenvalue weighted by molar-refractivity contribution is 5.99. The molecule has 126 valence electrons. The lowest BCUT2D eigenvalue weighted by molar-refractivity contribution is -0.147. The molecule has 0 aliphatic rings. The second-order valence-electron chi connectivity index (χ2n) is 5.26. The van der Waals surface area contributed by atoms with E-state index >= 15 is 0 Å². The summed E-state index contributed by atoms with van der Waals surface area (Å²) in [5.41, 5.74) is 0.460. The lowest BCUT2D eigenvalue weighted by Crippen LogP contribution is -2.34. The van der Waals surface area contributed by atoms with Crippen LogP contribution in [-0.2, 0) is 14.3 Å². The summed E-state index contributed by atoms with van der Waals surface area (Å²) in [4.78, 5) is 34.9. The van der Waals surface area contributed by atoms with Crippen LogP contribution >= 0.6 is 0 Å². The molecule has 0 saturated carbocycles. The summed E-state index contributed by atoms with van der Waals surface area (Å²) in [6.45, 7) is 1.83. The van der Waals surface area contributed by atoms with Gasteiger partial charge in [0, 0.05) is 12.1 Å². The molecule has 24 heavy (non-hydrogen) atoms. The van der Waals surface area contributed by atoms with Crippen LogP contribution in [0.2, 0.25) is 0 Å². The lowest BCUT2D eigenvalue weighted by Gasteiger charge is -2.07. The van der Waals surface area contributed by atoms with Gasteiger partial charge in [0.15, 0.2) is 6.61 Å². The molecule has 2 aromatic carbocycles. The fraction of sp³-hybridized carbons (Fsp3) is 0.278. The van der Waals surface area contributed by atoms with E-state index in [1.165, 1.54) is 0 Å². The van der Waals surface area contributed by atoms with Gasteiger partial charge in [-0.25, -0.2) is 0 Å². The van der Waals surface area contributed by atoms with Crippen LogP contribution < -0.4 is 10.6 Å². The monoisotopic (exact) mass is 328 g/mol. The summed E-state index contributed by atoms with van der Waals surface area (Å²) in [7, 11) is 0. The van der Waals surface area contributed by atoms with E-state index in [2.05, 4.69) is 10.6 Å². The zero-order chi connectivity index (χ0) is 17.4. The first-order valence-electron chi connectivity index (χ1n) is 7.79. The molecule has 0 heterocycles. The Morgan fingerprint density at radius 1 is 1.00 bits per heavy atom. The van der Waals surface area contributed by atoms with Crippen LogP contribution in [0.3, 0.4) is 0 Å². The molecule has 6 nitrogen and oxygen atoms in total. The van der Waals surface area contributed by atoms with Crippen LogP contribution in [0.25, 0.3) is 10.8 Å². The number of carbonyl (C=O) groups excluding carboxylic acids is 3. The maximum Gasteiger partial charge on any atom is 0.325 e. The standard InChI is InChI=1S/C18H20N2O4/c1-2-9-19-16(21)12-24-17(22)11-20-18(23)15-8-7-13-5-3-4-6-14(13)10-15/h3-8,10H,2,9,11-12H2,1H3,(H,19,21)(H,20,23). The fourth-order valence-corrected chi connectivity index (χ4v) is 2.10. The lowest BCUT2D eigenvalue weighted by atomic mass is 10.1. The molecule has 0 fully saturated rings. The Hall–Kier alpha value is -2.89. The molecule has 2 amide bonds. The molecular weight excluding hydrogens is 308 g/mol. The van der Waals surface area contributed by atoms with Gasteiger partial charge in [0.05, 0.1) is 0 Å². The Morgan fingerprint density at radius 3 is 2.50 bits per heavy atom. The number of amides is 2. The van der Waals surface area contributed by atoms with Crippen molar-refractivity contribution >= 4 is 28.6 Å². The average Bonchev–Trinajstić information content (AvgIpc) is 2.62. The summed E-state index contributed by atoms with van der Waals surface area (Å²) in [6.07, 6.45) is 0.807. The minimum absolute atomic E-state index is 0.285. The van der Waals surface area contributed by atoms with E-state index < -0.39 is 5.97 Å². The average molecular weight is 328 g/mol. The van der Waals surface area contributed by atoms with Crippen molar-refractivity contribution in [2.75, 3.05) is 19.7 Å². The number of esters is 1. The van der Waals surface area contributed by atoms with Gasteiger partial charge >= 0.3 is 5.97 Å². The van der Waals surface area contributed by atoms with Gasteiger partial charge in [-0.3, -0.25) is 14.4 Å². The number of ether oxygens (including phenoxy) is 1. The van der Waals surface area contributed by atoms with Gasteiger partial charge in [-0.05, 0) is 29.3 Å². The van der Waals surface area contributed by atoms with Crippen molar-refractivity contribution in [3.05, 3.63) is 48.0 Å². The summed E-state index contributed by atoms with van der Waals surface area (Å²) in [5.74, 6) is -1.38. The largest absolute Gasteiger partial charge is 0.454 e. The van der Waals surface area contributed by atoms with Gasteiger partial charge in [0.2, 0.25) is 0 Å². The Bertz CT molecular complexity index is 743. The van der Waals surface area contributed by atoms with E-state index in [4.69, 9.17) is 4.74 Å². The SMILES string of the molecule is CCCNC(=O)COC(=O)CNC(=O)c1ccc2ccccc2c1. The quantitative estimate of drug-likeness (QED) is 0.757. The number of hydrogen-bond donors (Lipinski definition) is 2.